The van der Waals surface area contributed by atoms with Crippen LogP contribution in [0.2, 0.25) is 0 Å². The topological polar surface area (TPSA) is 37.3 Å². The van der Waals surface area contributed by atoms with E-state index in [1.807, 2.05) is 6.92 Å². The molecular weight excluding hydrogens is 128 g/mol. The lowest BCUT2D eigenvalue weighted by Crippen LogP contribution is -2.19. The van der Waals surface area contributed by atoms with E-state index in [4.69, 9.17) is 5.11 Å². The van der Waals surface area contributed by atoms with E-state index in [1.165, 1.54) is 12.8 Å². The molecule has 0 bridgehead atoms. The number of ketones is 1. The first-order valence-corrected chi connectivity index (χ1v) is 3.94. The molecule has 0 aromatic rings. The average Bonchev–Trinajstić information content (AvgIpc) is 2.70. The summed E-state index contributed by atoms with van der Waals surface area (Å²) in [6, 6.07) is 0. The van der Waals surface area contributed by atoms with Crippen molar-refractivity contribution in [3.05, 3.63) is 0 Å². The van der Waals surface area contributed by atoms with Gasteiger partial charge >= 0.3 is 0 Å². The summed E-state index contributed by atoms with van der Waals surface area (Å²) >= 11 is 0. The molecule has 1 saturated carbocycles. The van der Waals surface area contributed by atoms with Crippen molar-refractivity contribution in [2.45, 2.75) is 38.7 Å². The average molecular weight is 142 g/mol. The molecule has 0 amide bonds. The maximum absolute atomic E-state index is 11.0. The fourth-order valence-electron chi connectivity index (χ4n) is 0.970. The highest BCUT2D eigenvalue weighted by molar-refractivity contribution is 5.83. The van der Waals surface area contributed by atoms with Gasteiger partial charge in [-0.15, -0.1) is 0 Å². The van der Waals surface area contributed by atoms with Crippen molar-refractivity contribution in [3.8, 4) is 0 Å². The zero-order chi connectivity index (χ0) is 7.56. The highest BCUT2D eigenvalue weighted by atomic mass is 16.3. The van der Waals surface area contributed by atoms with Crippen LogP contribution in [-0.4, -0.2) is 17.0 Å². The molecule has 0 radical (unpaired) electrons. The Morgan fingerprint density at radius 2 is 2.30 bits per heavy atom. The van der Waals surface area contributed by atoms with Crippen LogP contribution in [-0.2, 0) is 4.79 Å². The molecule has 1 rings (SSSR count). The molecule has 0 spiro atoms. The van der Waals surface area contributed by atoms with Gasteiger partial charge in [0.1, 0.15) is 6.10 Å². The molecule has 1 fully saturated rings. The lowest BCUT2D eigenvalue weighted by molar-refractivity contribution is -0.127. The number of carbonyl (C=O) groups is 1. The molecule has 0 aromatic heterocycles. The third-order valence-electron chi connectivity index (χ3n) is 1.95. The minimum absolute atomic E-state index is 0.0324. The Labute approximate surface area is 61.2 Å². The molecule has 2 nitrogen and oxygen atoms in total. The number of hydrogen-bond donors (Lipinski definition) is 1. The van der Waals surface area contributed by atoms with Gasteiger partial charge in [-0.2, -0.15) is 0 Å². The fraction of sp³-hybridized carbons (Fsp3) is 0.875. The van der Waals surface area contributed by atoms with Gasteiger partial charge < -0.3 is 5.11 Å². The van der Waals surface area contributed by atoms with Gasteiger partial charge in [0.15, 0.2) is 5.78 Å². The van der Waals surface area contributed by atoms with Crippen molar-refractivity contribution < 1.29 is 9.90 Å². The first kappa shape index (κ1) is 7.73. The molecule has 10 heavy (non-hydrogen) atoms. The van der Waals surface area contributed by atoms with Crippen LogP contribution in [0.1, 0.15) is 32.6 Å². The molecule has 1 atom stereocenters. The summed E-state index contributed by atoms with van der Waals surface area (Å²) in [7, 11) is 0. The van der Waals surface area contributed by atoms with Gasteiger partial charge in [0.25, 0.3) is 0 Å². The van der Waals surface area contributed by atoms with E-state index >= 15 is 0 Å². The van der Waals surface area contributed by atoms with Gasteiger partial charge in [-0.05, 0) is 25.2 Å². The smallest absolute Gasteiger partial charge is 0.161 e. The summed E-state index contributed by atoms with van der Waals surface area (Å²) in [5.74, 6) is 0.638. The molecule has 1 aliphatic carbocycles. The zero-order valence-corrected chi connectivity index (χ0v) is 6.34. The van der Waals surface area contributed by atoms with Crippen molar-refractivity contribution in [1.82, 2.24) is 0 Å². The summed E-state index contributed by atoms with van der Waals surface area (Å²) in [5, 5.41) is 9.05. The van der Waals surface area contributed by atoms with Gasteiger partial charge in [0.2, 0.25) is 0 Å². The predicted octanol–water partition coefficient (Wildman–Crippen LogP) is 1.13. The van der Waals surface area contributed by atoms with Crippen molar-refractivity contribution in [1.29, 1.82) is 0 Å². The summed E-state index contributed by atoms with van der Waals surface area (Å²) in [6.45, 7) is 1.83. The zero-order valence-electron chi connectivity index (χ0n) is 6.34. The second-order valence-corrected chi connectivity index (χ2v) is 3.04. The van der Waals surface area contributed by atoms with Crippen molar-refractivity contribution in [3.63, 3.8) is 0 Å². The van der Waals surface area contributed by atoms with Gasteiger partial charge in [-0.1, -0.05) is 6.92 Å². The molecule has 1 unspecified atom stereocenters. The highest BCUT2D eigenvalue weighted by Gasteiger charge is 2.26. The maximum Gasteiger partial charge on any atom is 0.161 e. The van der Waals surface area contributed by atoms with Crippen LogP contribution in [0.25, 0.3) is 0 Å². The minimum Gasteiger partial charge on any atom is -0.385 e. The van der Waals surface area contributed by atoms with E-state index in [-0.39, 0.29) is 5.78 Å². The van der Waals surface area contributed by atoms with Gasteiger partial charge in [-0.3, -0.25) is 4.79 Å². The molecule has 2 heteroatoms. The maximum atomic E-state index is 11.0. The second-order valence-electron chi connectivity index (χ2n) is 3.04. The first-order chi connectivity index (χ1) is 4.74. The Kier molecular flexibility index (Phi) is 2.44. The fourth-order valence-corrected chi connectivity index (χ4v) is 0.970. The Morgan fingerprint density at radius 3 is 2.70 bits per heavy atom. The van der Waals surface area contributed by atoms with Crippen LogP contribution in [0.3, 0.4) is 0 Å². The van der Waals surface area contributed by atoms with Crippen LogP contribution in [0, 0.1) is 5.92 Å². The predicted molar refractivity (Wildman–Crippen MR) is 38.6 cm³/mol. The molecule has 1 aliphatic rings. The van der Waals surface area contributed by atoms with Gasteiger partial charge in [0.05, 0.1) is 0 Å². The van der Waals surface area contributed by atoms with Crippen LogP contribution in [0.5, 0.6) is 0 Å². The van der Waals surface area contributed by atoms with E-state index in [0.29, 0.717) is 18.8 Å². The van der Waals surface area contributed by atoms with Gasteiger partial charge in [-0.25, -0.2) is 0 Å². The Balaban J connectivity index is 2.18. The van der Waals surface area contributed by atoms with Crippen LogP contribution >= 0.6 is 0 Å². The largest absolute Gasteiger partial charge is 0.385 e. The summed E-state index contributed by atoms with van der Waals surface area (Å²) < 4.78 is 0. The highest BCUT2D eigenvalue weighted by Crippen LogP contribution is 2.32. The van der Waals surface area contributed by atoms with Crippen molar-refractivity contribution >= 4 is 5.78 Å². The van der Waals surface area contributed by atoms with Crippen molar-refractivity contribution in [2.75, 3.05) is 0 Å². The third-order valence-corrected chi connectivity index (χ3v) is 1.95. The van der Waals surface area contributed by atoms with E-state index in [2.05, 4.69) is 0 Å². The summed E-state index contributed by atoms with van der Waals surface area (Å²) in [4.78, 5) is 11.0. The molecule has 58 valence electrons. The third kappa shape index (κ3) is 2.10. The van der Waals surface area contributed by atoms with Gasteiger partial charge in [0, 0.05) is 6.42 Å². The lowest BCUT2D eigenvalue weighted by atomic mass is 10.1. The lowest BCUT2D eigenvalue weighted by Gasteiger charge is -2.03. The summed E-state index contributed by atoms with van der Waals surface area (Å²) in [5.41, 5.74) is 0. The number of aliphatic hydroxyl groups is 1. The number of carbonyl (C=O) groups excluding carboxylic acids is 1. The van der Waals surface area contributed by atoms with E-state index in [0.717, 1.165) is 0 Å². The minimum atomic E-state index is -0.694. The molecular formula is C8H14O2. The first-order valence-electron chi connectivity index (χ1n) is 3.94. The summed E-state index contributed by atoms with van der Waals surface area (Å²) in [6.07, 6.45) is 2.84. The van der Waals surface area contributed by atoms with Crippen LogP contribution < -0.4 is 0 Å². The van der Waals surface area contributed by atoms with E-state index in [1.54, 1.807) is 0 Å². The monoisotopic (exact) mass is 142 g/mol. The van der Waals surface area contributed by atoms with Crippen molar-refractivity contribution in [2.24, 2.45) is 5.92 Å². The Hall–Kier alpha value is -0.370. The number of hydrogen-bond acceptors (Lipinski definition) is 2. The van der Waals surface area contributed by atoms with Crippen LogP contribution in [0.4, 0.5) is 0 Å². The molecule has 1 N–H and O–H groups in total. The number of rotatable bonds is 4. The standard InChI is InChI=1S/C8H14O2/c1-2-7(9)8(10)5-6-3-4-6/h6-7,9H,2-5H2,1H3. The van der Waals surface area contributed by atoms with E-state index < -0.39 is 6.10 Å². The molecule has 0 heterocycles. The Bertz CT molecular complexity index is 127. The second kappa shape index (κ2) is 3.15. The molecule has 0 saturated heterocycles. The molecule has 0 aliphatic heterocycles. The Morgan fingerprint density at radius 1 is 1.70 bits per heavy atom. The normalized spacial score (nSPS) is 20.6. The SMILES string of the molecule is CCC(O)C(=O)CC1CC1. The number of aliphatic hydroxyl groups excluding tert-OH is 1. The number of Topliss-reactive ketones (excluding diaryl/α,β-unsaturated/α-hetero) is 1. The van der Waals surface area contributed by atoms with Crippen LogP contribution in [0.15, 0.2) is 0 Å². The molecule has 0 aromatic carbocycles. The van der Waals surface area contributed by atoms with E-state index in [9.17, 15) is 4.79 Å². The quantitative estimate of drug-likeness (QED) is 0.638.